The molecule has 0 fully saturated rings. The van der Waals surface area contributed by atoms with Gasteiger partial charge in [0.2, 0.25) is 10.0 Å². The molecule has 3 rings (SSSR count). The van der Waals surface area contributed by atoms with Gasteiger partial charge < -0.3 is 9.64 Å². The molecule has 2 N–H and O–H groups in total. The summed E-state index contributed by atoms with van der Waals surface area (Å²) in [4.78, 5) is 18.7. The van der Waals surface area contributed by atoms with Crippen molar-refractivity contribution < 1.29 is 17.9 Å². The molecule has 2 heterocycles. The summed E-state index contributed by atoms with van der Waals surface area (Å²) in [5.74, 6) is 0. The molecule has 0 spiro atoms. The summed E-state index contributed by atoms with van der Waals surface area (Å²) in [6.07, 6.45) is 0.479. The number of carbonyl (C=O) groups is 1. The fourth-order valence-electron chi connectivity index (χ4n) is 2.86. The molecule has 2 aromatic rings. The summed E-state index contributed by atoms with van der Waals surface area (Å²) < 4.78 is 31.7. The second-order valence-electron chi connectivity index (χ2n) is 5.78. The molecule has 1 aromatic carbocycles. The molecule has 1 aromatic heterocycles. The monoisotopic (exact) mass is 396 g/mol. The molecule has 0 atom stereocenters. The van der Waals surface area contributed by atoms with Gasteiger partial charge in [0.1, 0.15) is 0 Å². The highest BCUT2D eigenvalue weighted by molar-refractivity contribution is 7.89. The molecule has 0 unspecified atom stereocenters. The number of rotatable bonds is 5. The maximum atomic E-state index is 12.5. The predicted molar refractivity (Wildman–Crippen MR) is 98.6 cm³/mol. The Bertz CT molecular complexity index is 911. The lowest BCUT2D eigenvalue weighted by molar-refractivity contribution is 0.182. The highest BCUT2D eigenvalue weighted by atomic mass is 32.2. The molecule has 1 aliphatic rings. The highest BCUT2D eigenvalue weighted by Crippen LogP contribution is 2.26. The van der Waals surface area contributed by atoms with E-state index in [-0.39, 0.29) is 10.9 Å². The standard InChI is InChI=1S/C16H20N4O4S2/c1-17-26(22,23)14-5-3-4-11-8-20(7-6-13(11)14)16(21)19-15-18-12(9-24-2)10-25-15/h3-5,10,17H,6-9H2,1-2H3,(H,18,19,21). The van der Waals surface area contributed by atoms with E-state index in [4.69, 9.17) is 4.74 Å². The van der Waals surface area contributed by atoms with Crippen LogP contribution in [-0.2, 0) is 34.3 Å². The Morgan fingerprint density at radius 2 is 2.23 bits per heavy atom. The number of amides is 2. The highest BCUT2D eigenvalue weighted by Gasteiger charge is 2.26. The molecular formula is C16H20N4O4S2. The van der Waals surface area contributed by atoms with Crippen LogP contribution < -0.4 is 10.0 Å². The maximum Gasteiger partial charge on any atom is 0.323 e. The lowest BCUT2D eigenvalue weighted by atomic mass is 10.00. The van der Waals surface area contributed by atoms with Gasteiger partial charge in [-0.25, -0.2) is 22.9 Å². The number of hydrogen-bond donors (Lipinski definition) is 2. The Labute approximate surface area is 156 Å². The molecule has 0 saturated heterocycles. The molecule has 2 amide bonds. The molecule has 10 heteroatoms. The minimum atomic E-state index is -3.52. The van der Waals surface area contributed by atoms with Crippen molar-refractivity contribution in [2.75, 3.05) is 26.0 Å². The molecular weight excluding hydrogens is 376 g/mol. The SMILES string of the molecule is CNS(=O)(=O)c1cccc2c1CCN(C(=O)Nc1nc(COC)cs1)C2. The van der Waals surface area contributed by atoms with E-state index in [2.05, 4.69) is 15.0 Å². The molecule has 0 aliphatic carbocycles. The van der Waals surface area contributed by atoms with E-state index in [0.717, 1.165) is 16.8 Å². The Kier molecular flexibility index (Phi) is 5.56. The predicted octanol–water partition coefficient (Wildman–Crippen LogP) is 1.79. The molecule has 0 radical (unpaired) electrons. The van der Waals surface area contributed by atoms with Crippen LogP contribution in [0.25, 0.3) is 0 Å². The third kappa shape index (κ3) is 3.88. The van der Waals surface area contributed by atoms with Crippen molar-refractivity contribution in [1.82, 2.24) is 14.6 Å². The van der Waals surface area contributed by atoms with E-state index >= 15 is 0 Å². The normalized spacial score (nSPS) is 14.2. The van der Waals surface area contributed by atoms with Crippen molar-refractivity contribution in [3.63, 3.8) is 0 Å². The Morgan fingerprint density at radius 1 is 1.42 bits per heavy atom. The lowest BCUT2D eigenvalue weighted by Gasteiger charge is -2.29. The summed E-state index contributed by atoms with van der Waals surface area (Å²) in [5.41, 5.74) is 2.36. The lowest BCUT2D eigenvalue weighted by Crippen LogP contribution is -2.39. The maximum absolute atomic E-state index is 12.5. The van der Waals surface area contributed by atoms with E-state index in [9.17, 15) is 13.2 Å². The minimum absolute atomic E-state index is 0.254. The van der Waals surface area contributed by atoms with Gasteiger partial charge in [-0.2, -0.15) is 0 Å². The van der Waals surface area contributed by atoms with Crippen molar-refractivity contribution in [1.29, 1.82) is 0 Å². The summed E-state index contributed by atoms with van der Waals surface area (Å²) in [6.45, 7) is 1.18. The number of ether oxygens (including phenoxy) is 1. The van der Waals surface area contributed by atoms with Gasteiger partial charge in [0, 0.05) is 25.6 Å². The van der Waals surface area contributed by atoms with E-state index in [1.165, 1.54) is 18.4 Å². The largest absolute Gasteiger partial charge is 0.378 e. The number of nitrogens with one attached hydrogen (secondary N) is 2. The van der Waals surface area contributed by atoms with Gasteiger partial charge in [-0.05, 0) is 30.7 Å². The molecule has 0 saturated carbocycles. The average Bonchev–Trinajstić information content (AvgIpc) is 3.08. The first kappa shape index (κ1) is 18.8. The number of sulfonamides is 1. The molecule has 8 nitrogen and oxygen atoms in total. The first-order valence-corrected chi connectivity index (χ1v) is 10.3. The number of benzene rings is 1. The Morgan fingerprint density at radius 3 is 2.96 bits per heavy atom. The topological polar surface area (TPSA) is 101 Å². The van der Waals surface area contributed by atoms with Gasteiger partial charge in [0.15, 0.2) is 5.13 Å². The first-order chi connectivity index (χ1) is 12.4. The van der Waals surface area contributed by atoms with E-state index < -0.39 is 10.0 Å². The summed E-state index contributed by atoms with van der Waals surface area (Å²) in [7, 11) is -0.537. The molecule has 0 bridgehead atoms. The van der Waals surface area contributed by atoms with Gasteiger partial charge in [-0.1, -0.05) is 12.1 Å². The van der Waals surface area contributed by atoms with Crippen LogP contribution in [0.1, 0.15) is 16.8 Å². The van der Waals surface area contributed by atoms with Crippen LogP contribution in [0.3, 0.4) is 0 Å². The quantitative estimate of drug-likeness (QED) is 0.802. The van der Waals surface area contributed by atoms with Crippen LogP contribution in [0, 0.1) is 0 Å². The third-order valence-corrected chi connectivity index (χ3v) is 6.43. The van der Waals surface area contributed by atoms with Crippen molar-refractivity contribution in [2.45, 2.75) is 24.5 Å². The van der Waals surface area contributed by atoms with Crippen LogP contribution in [0.2, 0.25) is 0 Å². The van der Waals surface area contributed by atoms with E-state index in [0.29, 0.717) is 31.2 Å². The number of methoxy groups -OCH3 is 1. The molecule has 26 heavy (non-hydrogen) atoms. The second kappa shape index (κ2) is 7.70. The molecule has 1 aliphatic heterocycles. The summed E-state index contributed by atoms with van der Waals surface area (Å²) in [5, 5.41) is 5.13. The summed E-state index contributed by atoms with van der Waals surface area (Å²) >= 11 is 1.34. The smallest absolute Gasteiger partial charge is 0.323 e. The second-order valence-corrected chi connectivity index (χ2v) is 8.49. The molecule has 140 valence electrons. The van der Waals surface area contributed by atoms with Crippen molar-refractivity contribution in [3.8, 4) is 0 Å². The van der Waals surface area contributed by atoms with Crippen LogP contribution in [-0.4, -0.2) is 45.0 Å². The van der Waals surface area contributed by atoms with Crippen molar-refractivity contribution in [2.24, 2.45) is 0 Å². The van der Waals surface area contributed by atoms with Crippen LogP contribution >= 0.6 is 11.3 Å². The zero-order valence-corrected chi connectivity index (χ0v) is 16.1. The first-order valence-electron chi connectivity index (χ1n) is 7.98. The van der Waals surface area contributed by atoms with Crippen molar-refractivity contribution >= 4 is 32.5 Å². The number of fused-ring (bicyclic) bond motifs is 1. The van der Waals surface area contributed by atoms with E-state index in [1.807, 2.05) is 11.4 Å². The van der Waals surface area contributed by atoms with Gasteiger partial charge in [0.05, 0.1) is 17.2 Å². The number of thiazole rings is 1. The van der Waals surface area contributed by atoms with Gasteiger partial charge >= 0.3 is 6.03 Å². The summed E-state index contributed by atoms with van der Waals surface area (Å²) in [6, 6.07) is 4.88. The van der Waals surface area contributed by atoms with E-state index in [1.54, 1.807) is 24.1 Å². The van der Waals surface area contributed by atoms with Gasteiger partial charge in [0.25, 0.3) is 0 Å². The van der Waals surface area contributed by atoms with Crippen LogP contribution in [0.4, 0.5) is 9.93 Å². The number of carbonyl (C=O) groups excluding carboxylic acids is 1. The average molecular weight is 396 g/mol. The van der Waals surface area contributed by atoms with Crippen molar-refractivity contribution in [3.05, 3.63) is 40.4 Å². The number of anilines is 1. The fourth-order valence-corrected chi connectivity index (χ4v) is 4.58. The Balaban J connectivity index is 1.74. The number of urea groups is 1. The van der Waals surface area contributed by atoms with Crippen LogP contribution in [0.5, 0.6) is 0 Å². The Hall–Kier alpha value is -2.01. The zero-order chi connectivity index (χ0) is 18.7. The van der Waals surface area contributed by atoms with Crippen LogP contribution in [0.15, 0.2) is 28.5 Å². The third-order valence-electron chi connectivity index (χ3n) is 4.13. The zero-order valence-electron chi connectivity index (χ0n) is 14.5. The number of aromatic nitrogens is 1. The number of hydrogen-bond acceptors (Lipinski definition) is 6. The fraction of sp³-hybridized carbons (Fsp3) is 0.375. The van der Waals surface area contributed by atoms with Gasteiger partial charge in [-0.15, -0.1) is 11.3 Å². The van der Waals surface area contributed by atoms with Gasteiger partial charge in [-0.3, -0.25) is 5.32 Å². The minimum Gasteiger partial charge on any atom is -0.378 e. The number of nitrogens with zero attached hydrogens (tertiary/aromatic N) is 2.